The molecule has 0 aromatic rings. The third-order valence-electron chi connectivity index (χ3n) is 3.14. The van der Waals surface area contributed by atoms with Gasteiger partial charge in [0.05, 0.1) is 19.8 Å². The molecule has 2 rings (SSSR count). The number of aliphatic imine (C=N–C) groups is 1. The van der Waals surface area contributed by atoms with Crippen molar-refractivity contribution in [1.29, 1.82) is 0 Å². The highest BCUT2D eigenvalue weighted by Gasteiger charge is 2.14. The van der Waals surface area contributed by atoms with Crippen LogP contribution in [0.25, 0.3) is 0 Å². The van der Waals surface area contributed by atoms with Gasteiger partial charge in [-0.05, 0) is 24.8 Å². The Bertz CT molecular complexity index is 280. The predicted octanol–water partition coefficient (Wildman–Crippen LogP) is 1.18. The maximum absolute atomic E-state index is 5.84. The SMILES string of the molecule is NC(=NCC1=CCCOC1)NC1CCCC1. The predicted molar refractivity (Wildman–Crippen MR) is 65.4 cm³/mol. The summed E-state index contributed by atoms with van der Waals surface area (Å²) in [6.07, 6.45) is 8.27. The topological polar surface area (TPSA) is 59.6 Å². The summed E-state index contributed by atoms with van der Waals surface area (Å²) < 4.78 is 5.35. The van der Waals surface area contributed by atoms with Gasteiger partial charge >= 0.3 is 0 Å². The first-order chi connectivity index (χ1) is 7.84. The van der Waals surface area contributed by atoms with Gasteiger partial charge in [-0.15, -0.1) is 0 Å². The molecule has 0 aromatic carbocycles. The van der Waals surface area contributed by atoms with Crippen molar-refractivity contribution in [3.63, 3.8) is 0 Å². The highest BCUT2D eigenvalue weighted by molar-refractivity contribution is 5.78. The number of hydrogen-bond acceptors (Lipinski definition) is 2. The first kappa shape index (κ1) is 11.5. The Morgan fingerprint density at radius 2 is 2.31 bits per heavy atom. The second-order valence-corrected chi connectivity index (χ2v) is 4.53. The fourth-order valence-corrected chi connectivity index (χ4v) is 2.23. The molecule has 3 N–H and O–H groups in total. The minimum Gasteiger partial charge on any atom is -0.377 e. The molecule has 16 heavy (non-hydrogen) atoms. The lowest BCUT2D eigenvalue weighted by atomic mass is 10.2. The lowest BCUT2D eigenvalue weighted by Crippen LogP contribution is -2.38. The van der Waals surface area contributed by atoms with Gasteiger partial charge in [0.1, 0.15) is 0 Å². The fourth-order valence-electron chi connectivity index (χ4n) is 2.23. The highest BCUT2D eigenvalue weighted by atomic mass is 16.5. The van der Waals surface area contributed by atoms with E-state index in [2.05, 4.69) is 16.4 Å². The number of nitrogens with two attached hydrogens (primary N) is 1. The van der Waals surface area contributed by atoms with E-state index in [1.165, 1.54) is 31.3 Å². The van der Waals surface area contributed by atoms with Crippen LogP contribution in [0.1, 0.15) is 32.1 Å². The molecule has 1 aliphatic heterocycles. The van der Waals surface area contributed by atoms with Crippen LogP contribution >= 0.6 is 0 Å². The van der Waals surface area contributed by atoms with E-state index in [0.717, 1.165) is 13.0 Å². The van der Waals surface area contributed by atoms with Gasteiger partial charge < -0.3 is 15.8 Å². The molecule has 0 radical (unpaired) electrons. The molecule has 0 spiro atoms. The van der Waals surface area contributed by atoms with Crippen LogP contribution in [0.2, 0.25) is 0 Å². The van der Waals surface area contributed by atoms with Crippen molar-refractivity contribution in [2.24, 2.45) is 10.7 Å². The van der Waals surface area contributed by atoms with Crippen molar-refractivity contribution in [1.82, 2.24) is 5.32 Å². The molecule has 0 bridgehead atoms. The van der Waals surface area contributed by atoms with E-state index in [9.17, 15) is 0 Å². The van der Waals surface area contributed by atoms with Crippen molar-refractivity contribution in [3.05, 3.63) is 11.6 Å². The van der Waals surface area contributed by atoms with Crippen LogP contribution < -0.4 is 11.1 Å². The molecule has 90 valence electrons. The molecule has 0 aromatic heterocycles. The Kier molecular flexibility index (Phi) is 4.22. The summed E-state index contributed by atoms with van der Waals surface area (Å²) in [7, 11) is 0. The molecular weight excluding hydrogens is 202 g/mol. The van der Waals surface area contributed by atoms with Gasteiger partial charge in [-0.3, -0.25) is 0 Å². The Balaban J connectivity index is 1.74. The van der Waals surface area contributed by atoms with Gasteiger partial charge in [-0.25, -0.2) is 4.99 Å². The molecule has 1 aliphatic carbocycles. The minimum atomic E-state index is 0.542. The van der Waals surface area contributed by atoms with E-state index in [0.29, 0.717) is 25.2 Å². The van der Waals surface area contributed by atoms with E-state index in [1.54, 1.807) is 0 Å². The van der Waals surface area contributed by atoms with Crippen molar-refractivity contribution >= 4 is 5.96 Å². The first-order valence-electron chi connectivity index (χ1n) is 6.17. The van der Waals surface area contributed by atoms with Crippen LogP contribution in [0, 0.1) is 0 Å². The lowest BCUT2D eigenvalue weighted by Gasteiger charge is -2.14. The van der Waals surface area contributed by atoms with Gasteiger partial charge in [-0.1, -0.05) is 18.9 Å². The monoisotopic (exact) mass is 223 g/mol. The van der Waals surface area contributed by atoms with Crippen LogP contribution in [0.5, 0.6) is 0 Å². The number of guanidine groups is 1. The lowest BCUT2D eigenvalue weighted by molar-refractivity contribution is 0.150. The second kappa shape index (κ2) is 5.89. The molecule has 4 heteroatoms. The molecule has 4 nitrogen and oxygen atoms in total. The average Bonchev–Trinajstić information content (AvgIpc) is 2.81. The van der Waals surface area contributed by atoms with Crippen molar-refractivity contribution < 1.29 is 4.74 Å². The minimum absolute atomic E-state index is 0.542. The molecule has 0 amide bonds. The zero-order valence-electron chi connectivity index (χ0n) is 9.74. The fraction of sp³-hybridized carbons (Fsp3) is 0.750. The van der Waals surface area contributed by atoms with Crippen LogP contribution in [-0.2, 0) is 4.74 Å². The van der Waals surface area contributed by atoms with E-state index in [-0.39, 0.29) is 0 Å². The number of ether oxygens (including phenoxy) is 1. The molecule has 0 saturated heterocycles. The van der Waals surface area contributed by atoms with E-state index in [1.807, 2.05) is 0 Å². The summed E-state index contributed by atoms with van der Waals surface area (Å²) in [4.78, 5) is 4.35. The first-order valence-corrected chi connectivity index (χ1v) is 6.17. The van der Waals surface area contributed by atoms with Gasteiger partial charge in [0.25, 0.3) is 0 Å². The van der Waals surface area contributed by atoms with E-state index < -0.39 is 0 Å². The van der Waals surface area contributed by atoms with Crippen LogP contribution in [0.3, 0.4) is 0 Å². The number of hydrogen-bond donors (Lipinski definition) is 2. The number of nitrogens with zero attached hydrogens (tertiary/aromatic N) is 1. The summed E-state index contributed by atoms with van der Waals surface area (Å²) in [5, 5.41) is 3.28. The van der Waals surface area contributed by atoms with E-state index in [4.69, 9.17) is 10.5 Å². The average molecular weight is 223 g/mol. The van der Waals surface area contributed by atoms with Crippen LogP contribution in [0.15, 0.2) is 16.6 Å². The number of rotatable bonds is 3. The van der Waals surface area contributed by atoms with Gasteiger partial charge in [-0.2, -0.15) is 0 Å². The molecule has 0 atom stereocenters. The highest BCUT2D eigenvalue weighted by Crippen LogP contribution is 2.17. The summed E-state index contributed by atoms with van der Waals surface area (Å²) in [5.41, 5.74) is 7.08. The normalized spacial score (nSPS) is 23.2. The summed E-state index contributed by atoms with van der Waals surface area (Å²) in [6.45, 7) is 2.22. The largest absolute Gasteiger partial charge is 0.377 e. The van der Waals surface area contributed by atoms with Crippen molar-refractivity contribution in [2.75, 3.05) is 19.8 Å². The maximum atomic E-state index is 5.84. The maximum Gasteiger partial charge on any atom is 0.189 e. The second-order valence-electron chi connectivity index (χ2n) is 4.53. The molecule has 1 heterocycles. The summed E-state index contributed by atoms with van der Waals surface area (Å²) in [5.74, 6) is 0.582. The Morgan fingerprint density at radius 3 is 3.00 bits per heavy atom. The van der Waals surface area contributed by atoms with Crippen molar-refractivity contribution in [2.45, 2.75) is 38.1 Å². The van der Waals surface area contributed by atoms with Crippen LogP contribution in [0.4, 0.5) is 0 Å². The third kappa shape index (κ3) is 3.52. The molecule has 0 unspecified atom stereocenters. The summed E-state index contributed by atoms with van der Waals surface area (Å²) in [6, 6.07) is 0.542. The zero-order chi connectivity index (χ0) is 11.2. The van der Waals surface area contributed by atoms with Gasteiger partial charge in [0, 0.05) is 6.04 Å². The Morgan fingerprint density at radius 1 is 1.50 bits per heavy atom. The third-order valence-corrected chi connectivity index (χ3v) is 3.14. The Hall–Kier alpha value is -1.03. The van der Waals surface area contributed by atoms with Crippen molar-refractivity contribution in [3.8, 4) is 0 Å². The molecule has 2 aliphatic rings. The zero-order valence-corrected chi connectivity index (χ0v) is 9.74. The van der Waals surface area contributed by atoms with E-state index >= 15 is 0 Å². The van der Waals surface area contributed by atoms with Crippen LogP contribution in [-0.4, -0.2) is 31.8 Å². The molecule has 1 fully saturated rings. The standard InChI is InChI=1S/C12H21N3O/c13-12(15-11-5-1-2-6-11)14-8-10-4-3-7-16-9-10/h4,11H,1-3,5-9H2,(H3,13,14,15). The quantitative estimate of drug-likeness (QED) is 0.429. The molecular formula is C12H21N3O. The summed E-state index contributed by atoms with van der Waals surface area (Å²) >= 11 is 0. The smallest absolute Gasteiger partial charge is 0.189 e. The molecule has 1 saturated carbocycles. The van der Waals surface area contributed by atoms with Gasteiger partial charge in [0.15, 0.2) is 5.96 Å². The number of nitrogens with one attached hydrogen (secondary N) is 1. The van der Waals surface area contributed by atoms with Gasteiger partial charge in [0.2, 0.25) is 0 Å². The Labute approximate surface area is 97.0 Å².